The topological polar surface area (TPSA) is 98.0 Å². The molecule has 2 rings (SSSR count). The van der Waals surface area contributed by atoms with Crippen molar-refractivity contribution < 1.29 is 4.74 Å². The van der Waals surface area contributed by atoms with Crippen LogP contribution in [0.4, 0.5) is 11.9 Å². The highest BCUT2D eigenvalue weighted by molar-refractivity contribution is 7.12. The number of hydrogen-bond acceptors (Lipinski definition) is 8. The number of nitrogen functional groups attached to an aromatic ring is 1. The van der Waals surface area contributed by atoms with Gasteiger partial charge in [0.05, 0.1) is 12.1 Å². The van der Waals surface area contributed by atoms with Crippen molar-refractivity contribution >= 4 is 23.2 Å². The summed E-state index contributed by atoms with van der Waals surface area (Å²) in [4.78, 5) is 15.0. The van der Waals surface area contributed by atoms with E-state index in [1.165, 1.54) is 9.75 Å². The first-order valence-electron chi connectivity index (χ1n) is 6.70. The lowest BCUT2D eigenvalue weighted by atomic mass is 10.3. The maximum atomic E-state index is 5.49. The number of hydrogen-bond donors (Lipinski definition) is 3. The number of hydrazine groups is 1. The Balaban J connectivity index is 2.18. The van der Waals surface area contributed by atoms with E-state index in [1.54, 1.807) is 11.3 Å². The summed E-state index contributed by atoms with van der Waals surface area (Å²) >= 11 is 1.73. The van der Waals surface area contributed by atoms with Gasteiger partial charge in [0.25, 0.3) is 0 Å². The summed E-state index contributed by atoms with van der Waals surface area (Å²) in [5.41, 5.74) is 2.42. The average molecular weight is 308 g/mol. The number of anilines is 2. The molecule has 1 unspecified atom stereocenters. The number of rotatable bonds is 6. The third-order valence-electron chi connectivity index (χ3n) is 2.62. The van der Waals surface area contributed by atoms with E-state index in [0.717, 1.165) is 0 Å². The summed E-state index contributed by atoms with van der Waals surface area (Å²) in [6.45, 7) is 7.94. The van der Waals surface area contributed by atoms with E-state index in [0.29, 0.717) is 5.95 Å². The van der Waals surface area contributed by atoms with Crippen molar-refractivity contribution in [2.24, 2.45) is 5.84 Å². The van der Waals surface area contributed by atoms with Crippen molar-refractivity contribution in [2.45, 2.75) is 39.8 Å². The molecule has 8 heteroatoms. The van der Waals surface area contributed by atoms with Crippen molar-refractivity contribution in [3.05, 3.63) is 21.9 Å². The van der Waals surface area contributed by atoms with E-state index in [4.69, 9.17) is 10.6 Å². The Labute approximate surface area is 128 Å². The Kier molecular flexibility index (Phi) is 4.92. The highest BCUT2D eigenvalue weighted by Crippen LogP contribution is 2.25. The molecule has 0 saturated carbocycles. The number of nitrogens with two attached hydrogens (primary N) is 1. The fourth-order valence-corrected chi connectivity index (χ4v) is 2.58. The van der Waals surface area contributed by atoms with E-state index < -0.39 is 0 Å². The Morgan fingerprint density at radius 2 is 1.86 bits per heavy atom. The van der Waals surface area contributed by atoms with Crippen LogP contribution in [0.2, 0.25) is 0 Å². The molecule has 2 heterocycles. The van der Waals surface area contributed by atoms with Gasteiger partial charge in [-0.25, -0.2) is 5.84 Å². The van der Waals surface area contributed by atoms with Crippen LogP contribution in [-0.4, -0.2) is 21.1 Å². The molecule has 0 spiro atoms. The highest BCUT2D eigenvalue weighted by atomic mass is 32.1. The van der Waals surface area contributed by atoms with Crippen molar-refractivity contribution in [3.8, 4) is 6.01 Å². The number of aryl methyl sites for hydroxylation is 1. The Morgan fingerprint density at radius 1 is 1.14 bits per heavy atom. The van der Waals surface area contributed by atoms with Gasteiger partial charge in [-0.3, -0.25) is 5.43 Å². The minimum absolute atomic E-state index is 0.0248. The number of thiophene rings is 1. The van der Waals surface area contributed by atoms with Gasteiger partial charge in [0.1, 0.15) is 0 Å². The summed E-state index contributed by atoms with van der Waals surface area (Å²) in [5.74, 6) is 6.06. The van der Waals surface area contributed by atoms with Gasteiger partial charge in [-0.15, -0.1) is 11.3 Å². The minimum atomic E-state index is -0.0248. The molecular weight excluding hydrogens is 288 g/mol. The van der Waals surface area contributed by atoms with Crippen molar-refractivity contribution in [1.82, 2.24) is 15.0 Å². The van der Waals surface area contributed by atoms with Gasteiger partial charge in [-0.1, -0.05) is 0 Å². The molecule has 0 amide bonds. The van der Waals surface area contributed by atoms with Crippen molar-refractivity contribution in [2.75, 3.05) is 10.7 Å². The third-order valence-corrected chi connectivity index (χ3v) is 3.80. The second-order valence-corrected chi connectivity index (χ2v) is 6.21. The van der Waals surface area contributed by atoms with Crippen LogP contribution in [0.5, 0.6) is 6.01 Å². The summed E-state index contributed by atoms with van der Waals surface area (Å²) in [6.07, 6.45) is -0.0248. The van der Waals surface area contributed by atoms with Gasteiger partial charge in [0, 0.05) is 9.75 Å². The second-order valence-electron chi connectivity index (χ2n) is 4.89. The quantitative estimate of drug-likeness (QED) is 0.557. The van der Waals surface area contributed by atoms with Crippen LogP contribution in [0, 0.1) is 6.92 Å². The Hall–Kier alpha value is -1.93. The molecule has 0 aliphatic rings. The molecule has 0 aromatic carbocycles. The van der Waals surface area contributed by atoms with Gasteiger partial charge in [0.15, 0.2) is 0 Å². The molecular formula is C13H20N6OS. The first-order chi connectivity index (χ1) is 9.97. The maximum Gasteiger partial charge on any atom is 0.323 e. The zero-order valence-electron chi connectivity index (χ0n) is 12.5. The molecule has 4 N–H and O–H groups in total. The predicted molar refractivity (Wildman–Crippen MR) is 84.5 cm³/mol. The Morgan fingerprint density at radius 3 is 2.43 bits per heavy atom. The van der Waals surface area contributed by atoms with Gasteiger partial charge >= 0.3 is 6.01 Å². The molecule has 0 aliphatic carbocycles. The lowest BCUT2D eigenvalue weighted by Crippen LogP contribution is -2.17. The van der Waals surface area contributed by atoms with E-state index in [2.05, 4.69) is 44.8 Å². The van der Waals surface area contributed by atoms with Crippen LogP contribution in [0.25, 0.3) is 0 Å². The van der Waals surface area contributed by atoms with Gasteiger partial charge in [-0.2, -0.15) is 15.0 Å². The molecule has 0 bridgehead atoms. The average Bonchev–Trinajstić information content (AvgIpc) is 2.84. The fraction of sp³-hybridized carbons (Fsp3) is 0.462. The second kappa shape index (κ2) is 6.68. The van der Waals surface area contributed by atoms with Crippen LogP contribution in [0.3, 0.4) is 0 Å². The lowest BCUT2D eigenvalue weighted by Gasteiger charge is -2.14. The molecule has 0 radical (unpaired) electrons. The first kappa shape index (κ1) is 15.5. The highest BCUT2D eigenvalue weighted by Gasteiger charge is 2.13. The minimum Gasteiger partial charge on any atom is -0.461 e. The van der Waals surface area contributed by atoms with E-state index in [9.17, 15) is 0 Å². The molecule has 2 aromatic rings. The van der Waals surface area contributed by atoms with Gasteiger partial charge in [0.2, 0.25) is 11.9 Å². The van der Waals surface area contributed by atoms with Gasteiger partial charge < -0.3 is 10.1 Å². The van der Waals surface area contributed by atoms with Crippen LogP contribution in [-0.2, 0) is 0 Å². The number of nitrogens with zero attached hydrogens (tertiary/aromatic N) is 3. The largest absolute Gasteiger partial charge is 0.461 e. The molecule has 1 atom stereocenters. The van der Waals surface area contributed by atoms with Gasteiger partial charge in [-0.05, 0) is 39.8 Å². The van der Waals surface area contributed by atoms with Crippen LogP contribution in [0.1, 0.15) is 36.6 Å². The summed E-state index contributed by atoms with van der Waals surface area (Å²) in [5, 5.41) is 3.23. The SMILES string of the molecule is Cc1ccc(C(C)Nc2nc(NN)nc(OC(C)C)n2)s1. The molecule has 0 aliphatic heterocycles. The maximum absolute atomic E-state index is 5.49. The molecule has 0 saturated heterocycles. The zero-order chi connectivity index (χ0) is 15.4. The molecule has 7 nitrogen and oxygen atoms in total. The number of ether oxygens (including phenoxy) is 1. The fourth-order valence-electron chi connectivity index (χ4n) is 1.70. The van der Waals surface area contributed by atoms with E-state index in [-0.39, 0.29) is 24.1 Å². The predicted octanol–water partition coefficient (Wildman–Crippen LogP) is 2.49. The zero-order valence-corrected chi connectivity index (χ0v) is 13.4. The summed E-state index contributed by atoms with van der Waals surface area (Å²) < 4.78 is 5.49. The number of nitrogens with one attached hydrogen (secondary N) is 2. The monoisotopic (exact) mass is 308 g/mol. The van der Waals surface area contributed by atoms with Crippen LogP contribution >= 0.6 is 11.3 Å². The lowest BCUT2D eigenvalue weighted by molar-refractivity contribution is 0.222. The molecule has 0 fully saturated rings. The molecule has 114 valence electrons. The standard InChI is InChI=1S/C13H20N6OS/c1-7(2)20-13-17-11(16-12(18-13)19-14)15-9(4)10-6-5-8(3)21-10/h5-7,9H,14H2,1-4H3,(H2,15,16,17,18,19). The van der Waals surface area contributed by atoms with Crippen LogP contribution < -0.4 is 21.3 Å². The van der Waals surface area contributed by atoms with Crippen molar-refractivity contribution in [3.63, 3.8) is 0 Å². The molecule has 21 heavy (non-hydrogen) atoms. The number of aromatic nitrogens is 3. The Bertz CT molecular complexity index is 600. The van der Waals surface area contributed by atoms with E-state index >= 15 is 0 Å². The summed E-state index contributed by atoms with van der Waals surface area (Å²) in [6, 6.07) is 4.51. The van der Waals surface area contributed by atoms with Crippen LogP contribution in [0.15, 0.2) is 12.1 Å². The smallest absolute Gasteiger partial charge is 0.323 e. The molecule has 2 aromatic heterocycles. The third kappa shape index (κ3) is 4.27. The van der Waals surface area contributed by atoms with Crippen molar-refractivity contribution in [1.29, 1.82) is 0 Å². The summed E-state index contributed by atoms with van der Waals surface area (Å²) in [7, 11) is 0. The van der Waals surface area contributed by atoms with E-state index in [1.807, 2.05) is 20.8 Å². The normalized spacial score (nSPS) is 12.3. The first-order valence-corrected chi connectivity index (χ1v) is 7.51.